The van der Waals surface area contributed by atoms with Gasteiger partial charge in [0.15, 0.2) is 6.20 Å². The summed E-state index contributed by atoms with van der Waals surface area (Å²) in [6, 6.07) is 18.3. The molecule has 124 valence electrons. The summed E-state index contributed by atoms with van der Waals surface area (Å²) < 4.78 is 2.23. The van der Waals surface area contributed by atoms with Crippen LogP contribution in [0.3, 0.4) is 0 Å². The van der Waals surface area contributed by atoms with E-state index in [-0.39, 0.29) is 0 Å². The Morgan fingerprint density at radius 3 is 2.67 bits per heavy atom. The highest BCUT2D eigenvalue weighted by molar-refractivity contribution is 6.31. The normalized spacial score (nSPS) is 11.0. The Hall–Kier alpha value is -2.10. The van der Waals surface area contributed by atoms with Crippen molar-refractivity contribution < 1.29 is 4.57 Å². The number of nitrogen functional groups attached to an aromatic ring is 1. The molecular formula is C20H23ClN3+. The maximum Gasteiger partial charge on any atom is 0.216 e. The van der Waals surface area contributed by atoms with Crippen molar-refractivity contribution in [1.82, 2.24) is 5.32 Å². The molecule has 0 saturated carbocycles. The summed E-state index contributed by atoms with van der Waals surface area (Å²) in [6.45, 7) is 2.90. The second-order valence-electron chi connectivity index (χ2n) is 6.00. The lowest BCUT2D eigenvalue weighted by molar-refractivity contribution is -0.671. The van der Waals surface area contributed by atoms with Gasteiger partial charge >= 0.3 is 0 Å². The van der Waals surface area contributed by atoms with E-state index in [2.05, 4.69) is 34.1 Å². The van der Waals surface area contributed by atoms with Gasteiger partial charge in [0.25, 0.3) is 0 Å². The van der Waals surface area contributed by atoms with Crippen molar-refractivity contribution >= 4 is 28.2 Å². The van der Waals surface area contributed by atoms with Crippen molar-refractivity contribution in [2.24, 2.45) is 0 Å². The van der Waals surface area contributed by atoms with Gasteiger partial charge < -0.3 is 11.1 Å². The highest BCUT2D eigenvalue weighted by Crippen LogP contribution is 2.21. The molecule has 0 unspecified atom stereocenters. The fourth-order valence-corrected chi connectivity index (χ4v) is 3.05. The number of rotatable bonds is 7. The van der Waals surface area contributed by atoms with Crippen molar-refractivity contribution in [1.29, 1.82) is 0 Å². The summed E-state index contributed by atoms with van der Waals surface area (Å²) in [5, 5.41) is 5.29. The quantitative estimate of drug-likeness (QED) is 0.505. The Labute approximate surface area is 148 Å². The first-order chi connectivity index (χ1) is 11.7. The van der Waals surface area contributed by atoms with Crippen LogP contribution < -0.4 is 15.6 Å². The molecule has 0 amide bonds. The largest absolute Gasteiger partial charge is 0.398 e. The van der Waals surface area contributed by atoms with Crippen LogP contribution in [0.1, 0.15) is 18.4 Å². The summed E-state index contributed by atoms with van der Waals surface area (Å²) in [7, 11) is 0. The van der Waals surface area contributed by atoms with Crippen molar-refractivity contribution in [2.75, 3.05) is 12.3 Å². The monoisotopic (exact) mass is 340 g/mol. The van der Waals surface area contributed by atoms with E-state index in [1.54, 1.807) is 0 Å². The van der Waals surface area contributed by atoms with Crippen LogP contribution in [0.4, 0.5) is 5.69 Å². The van der Waals surface area contributed by atoms with Crippen molar-refractivity contribution in [3.05, 3.63) is 71.4 Å². The van der Waals surface area contributed by atoms with Crippen LogP contribution in [0, 0.1) is 0 Å². The zero-order valence-electron chi connectivity index (χ0n) is 13.7. The van der Waals surface area contributed by atoms with Gasteiger partial charge in [-0.05, 0) is 30.7 Å². The number of hydrogen-bond donors (Lipinski definition) is 2. The van der Waals surface area contributed by atoms with Gasteiger partial charge in [-0.15, -0.1) is 0 Å². The van der Waals surface area contributed by atoms with E-state index in [0.29, 0.717) is 0 Å². The van der Waals surface area contributed by atoms with Crippen LogP contribution >= 0.6 is 11.6 Å². The van der Waals surface area contributed by atoms with Gasteiger partial charge in [-0.2, -0.15) is 4.57 Å². The number of anilines is 1. The molecule has 3 nitrogen and oxygen atoms in total. The molecule has 3 rings (SSSR count). The summed E-state index contributed by atoms with van der Waals surface area (Å²) in [4.78, 5) is 0. The van der Waals surface area contributed by atoms with E-state index in [4.69, 9.17) is 17.3 Å². The minimum absolute atomic E-state index is 0.742. The van der Waals surface area contributed by atoms with E-state index < -0.39 is 0 Å². The fourth-order valence-electron chi connectivity index (χ4n) is 2.88. The number of hydrogen-bond acceptors (Lipinski definition) is 2. The number of fused-ring (bicyclic) bond motifs is 1. The van der Waals surface area contributed by atoms with E-state index in [0.717, 1.165) is 54.1 Å². The van der Waals surface area contributed by atoms with Crippen molar-refractivity contribution in [3.63, 3.8) is 0 Å². The molecule has 24 heavy (non-hydrogen) atoms. The summed E-state index contributed by atoms with van der Waals surface area (Å²) in [5.41, 5.74) is 9.27. The lowest BCUT2D eigenvalue weighted by Crippen LogP contribution is -2.34. The van der Waals surface area contributed by atoms with Crippen LogP contribution in [-0.2, 0) is 13.1 Å². The van der Waals surface area contributed by atoms with Gasteiger partial charge in [-0.25, -0.2) is 0 Å². The van der Waals surface area contributed by atoms with Crippen LogP contribution in [0.15, 0.2) is 60.8 Å². The minimum atomic E-state index is 0.742. The maximum atomic E-state index is 6.14. The molecule has 0 saturated heterocycles. The molecule has 2 aromatic carbocycles. The molecule has 0 bridgehead atoms. The van der Waals surface area contributed by atoms with E-state index >= 15 is 0 Å². The molecule has 0 aliphatic heterocycles. The first-order valence-corrected chi connectivity index (χ1v) is 8.74. The zero-order chi connectivity index (χ0) is 16.8. The van der Waals surface area contributed by atoms with E-state index in [1.165, 1.54) is 5.56 Å². The number of pyridine rings is 1. The van der Waals surface area contributed by atoms with Gasteiger partial charge in [-0.3, -0.25) is 0 Å². The van der Waals surface area contributed by atoms with Gasteiger partial charge in [0.1, 0.15) is 6.54 Å². The lowest BCUT2D eigenvalue weighted by atomic mass is 10.1. The Balaban J connectivity index is 1.51. The Bertz CT molecular complexity index is 803. The van der Waals surface area contributed by atoms with Crippen LogP contribution in [0.5, 0.6) is 0 Å². The second-order valence-corrected chi connectivity index (χ2v) is 6.43. The second kappa shape index (κ2) is 8.13. The molecule has 0 aliphatic carbocycles. The van der Waals surface area contributed by atoms with Gasteiger partial charge in [-0.1, -0.05) is 41.9 Å². The smallest absolute Gasteiger partial charge is 0.216 e. The third-order valence-electron chi connectivity index (χ3n) is 4.19. The highest BCUT2D eigenvalue weighted by atomic mass is 35.5. The predicted molar refractivity (Wildman–Crippen MR) is 101 cm³/mol. The molecule has 0 aliphatic rings. The third-order valence-corrected chi connectivity index (χ3v) is 4.42. The number of nitrogens with two attached hydrogens (primary N) is 1. The van der Waals surface area contributed by atoms with Crippen LogP contribution in [0.2, 0.25) is 5.02 Å². The molecule has 0 radical (unpaired) electrons. The average Bonchev–Trinajstić information content (AvgIpc) is 2.60. The number of nitrogens with one attached hydrogen (secondary N) is 1. The number of aromatic nitrogens is 1. The lowest BCUT2D eigenvalue weighted by Gasteiger charge is -2.06. The molecule has 1 heterocycles. The Morgan fingerprint density at radius 1 is 1.00 bits per heavy atom. The number of halogens is 1. The molecule has 1 aromatic heterocycles. The number of benzene rings is 2. The SMILES string of the molecule is Nc1cc[n+](CCCCNCc2ccccc2)c2cc(Cl)ccc12. The van der Waals surface area contributed by atoms with Crippen molar-refractivity contribution in [2.45, 2.75) is 25.9 Å². The summed E-state index contributed by atoms with van der Waals surface area (Å²) >= 11 is 6.14. The predicted octanol–water partition coefficient (Wildman–Crippen LogP) is 3.93. The molecular weight excluding hydrogens is 318 g/mol. The fraction of sp³-hybridized carbons (Fsp3) is 0.250. The zero-order valence-corrected chi connectivity index (χ0v) is 14.5. The molecule has 0 spiro atoms. The number of aryl methyl sites for hydroxylation is 1. The molecule has 3 aromatic rings. The minimum Gasteiger partial charge on any atom is -0.398 e. The first kappa shape index (κ1) is 16.7. The Kier molecular flexibility index (Phi) is 5.68. The average molecular weight is 341 g/mol. The standard InChI is InChI=1S/C20H22ClN3/c21-17-8-9-18-19(22)10-13-24(20(18)14-17)12-5-4-11-23-15-16-6-2-1-3-7-16/h1-3,6-10,13-14,22-23H,4-5,11-12,15H2/p+1. The number of nitrogens with zero attached hydrogens (tertiary/aromatic N) is 1. The molecule has 4 heteroatoms. The number of unbranched alkanes of at least 4 members (excludes halogenated alkanes) is 1. The van der Waals surface area contributed by atoms with E-state index in [1.807, 2.05) is 36.5 Å². The van der Waals surface area contributed by atoms with Gasteiger partial charge in [0.05, 0.1) is 11.1 Å². The third kappa shape index (κ3) is 4.25. The highest BCUT2D eigenvalue weighted by Gasteiger charge is 2.11. The molecule has 0 fully saturated rings. The van der Waals surface area contributed by atoms with Crippen LogP contribution in [0.25, 0.3) is 10.9 Å². The van der Waals surface area contributed by atoms with E-state index in [9.17, 15) is 0 Å². The first-order valence-electron chi connectivity index (χ1n) is 8.36. The summed E-state index contributed by atoms with van der Waals surface area (Å²) in [5.74, 6) is 0. The molecule has 3 N–H and O–H groups in total. The topological polar surface area (TPSA) is 41.9 Å². The maximum absolute atomic E-state index is 6.14. The van der Waals surface area contributed by atoms with Crippen LogP contribution in [-0.4, -0.2) is 6.54 Å². The van der Waals surface area contributed by atoms with Crippen molar-refractivity contribution in [3.8, 4) is 0 Å². The van der Waals surface area contributed by atoms with Gasteiger partial charge in [0, 0.05) is 30.1 Å². The molecule has 0 atom stereocenters. The van der Waals surface area contributed by atoms with Gasteiger partial charge in [0.2, 0.25) is 5.52 Å². The Morgan fingerprint density at radius 2 is 1.83 bits per heavy atom. The summed E-state index contributed by atoms with van der Waals surface area (Å²) in [6.07, 6.45) is 4.29.